The average Bonchev–Trinajstić information content (AvgIpc) is 1.85. The van der Waals surface area contributed by atoms with Gasteiger partial charge in [-0.15, -0.1) is 0 Å². The predicted octanol–water partition coefficient (Wildman–Crippen LogP) is 3.86. The summed E-state index contributed by atoms with van der Waals surface area (Å²) < 4.78 is -0.581. The van der Waals surface area contributed by atoms with Crippen molar-refractivity contribution in [3.63, 3.8) is 0 Å². The first-order chi connectivity index (χ1) is 5.37. The third-order valence-electron chi connectivity index (χ3n) is 0.744. The summed E-state index contributed by atoms with van der Waals surface area (Å²) in [5.41, 5.74) is -0.526. The molecule has 3 nitrogen and oxygen atoms in total. The van der Waals surface area contributed by atoms with Gasteiger partial charge in [-0.05, 0) is 15.9 Å². The van der Waals surface area contributed by atoms with E-state index in [0.717, 1.165) is 0 Å². The second kappa shape index (κ2) is 5.54. The van der Waals surface area contributed by atoms with Crippen LogP contribution in [0.5, 0.6) is 0 Å². The Morgan fingerprint density at radius 1 is 1.25 bits per heavy atom. The highest BCUT2D eigenvalue weighted by atomic mass is 79.9. The van der Waals surface area contributed by atoms with E-state index >= 15 is 0 Å². The molecule has 12 heavy (non-hydrogen) atoms. The van der Waals surface area contributed by atoms with Gasteiger partial charge in [0.05, 0.1) is 5.03 Å². The lowest BCUT2D eigenvalue weighted by atomic mass is 10.5. The molecule has 0 amide bonds. The van der Waals surface area contributed by atoms with Gasteiger partial charge in [-0.1, -0.05) is 46.4 Å². The summed E-state index contributed by atoms with van der Waals surface area (Å²) in [4.78, 5) is 0. The maximum absolute atomic E-state index is 10.4. The van der Waals surface area contributed by atoms with Gasteiger partial charge in [0, 0.05) is 0 Å². The Balaban J connectivity index is 5.07. The Morgan fingerprint density at radius 2 is 1.67 bits per heavy atom. The molecular weight excluding hydrogens is 316 g/mol. The van der Waals surface area contributed by atoms with E-state index in [4.69, 9.17) is 51.6 Å². The Kier molecular flexibility index (Phi) is 5.93. The quantitative estimate of drug-likeness (QED) is 0.621. The molecule has 70 valence electrons. The van der Waals surface area contributed by atoms with Crippen molar-refractivity contribution < 1.29 is 5.21 Å². The lowest BCUT2D eigenvalue weighted by Gasteiger charge is -2.24. The Bertz CT molecular complexity index is 231. The lowest BCUT2D eigenvalue weighted by molar-refractivity contribution is 0.000364. The van der Waals surface area contributed by atoms with Crippen molar-refractivity contribution in [1.29, 1.82) is 0 Å². The van der Waals surface area contributed by atoms with Gasteiger partial charge in [0.1, 0.15) is 14.1 Å². The normalized spacial score (nSPS) is 12.2. The van der Waals surface area contributed by atoms with Crippen LogP contribution >= 0.6 is 62.3 Å². The van der Waals surface area contributed by atoms with Crippen LogP contribution in [0.2, 0.25) is 0 Å². The maximum Gasteiger partial charge on any atom is 0.133 e. The summed E-state index contributed by atoms with van der Waals surface area (Å²) in [5.74, 6) is 0. The molecule has 0 fully saturated rings. The van der Waals surface area contributed by atoms with Crippen LogP contribution in [0.4, 0.5) is 0 Å². The molecule has 8 heteroatoms. The van der Waals surface area contributed by atoms with Crippen LogP contribution in [0.3, 0.4) is 0 Å². The molecule has 0 spiro atoms. The van der Waals surface area contributed by atoms with Crippen LogP contribution in [0.15, 0.2) is 19.2 Å². The molecule has 0 aromatic heterocycles. The molecule has 0 aromatic carbocycles. The van der Waals surface area contributed by atoms with E-state index in [0.29, 0.717) is 0 Å². The largest absolute Gasteiger partial charge is 0.733 e. The minimum atomic E-state index is -0.582. The molecule has 0 aliphatic rings. The number of rotatable bonds is 2. The molecule has 0 radical (unpaired) electrons. The minimum Gasteiger partial charge on any atom is -0.733 e. The zero-order valence-electron chi connectivity index (χ0n) is 5.19. The third kappa shape index (κ3) is 3.70. The molecule has 0 aliphatic heterocycles. The van der Waals surface area contributed by atoms with Crippen LogP contribution in [-0.2, 0) is 0 Å². The first-order valence-corrected chi connectivity index (χ1v) is 4.61. The fourth-order valence-corrected chi connectivity index (χ4v) is 1.20. The van der Waals surface area contributed by atoms with Gasteiger partial charge in [-0.3, -0.25) is 5.21 Å². The molecule has 0 saturated heterocycles. The molecular formula is C4HBrCl4NO2-. The first kappa shape index (κ1) is 12.8. The molecule has 0 saturated carbocycles. The highest BCUT2D eigenvalue weighted by molar-refractivity contribution is 9.12. The van der Waals surface area contributed by atoms with Gasteiger partial charge in [-0.25, -0.2) is 0 Å². The Hall–Kier alpha value is 0.840. The van der Waals surface area contributed by atoms with Crippen LogP contribution in [0.25, 0.3) is 0 Å². The first-order valence-electron chi connectivity index (χ1n) is 2.30. The van der Waals surface area contributed by atoms with Gasteiger partial charge in [0.2, 0.25) is 0 Å². The van der Waals surface area contributed by atoms with Gasteiger partial charge in [0.15, 0.2) is 0 Å². The summed E-state index contributed by atoms with van der Waals surface area (Å²) >= 11 is 24.0. The van der Waals surface area contributed by atoms with E-state index < -0.39 is 15.4 Å². The van der Waals surface area contributed by atoms with Crippen LogP contribution < -0.4 is 0 Å². The van der Waals surface area contributed by atoms with Crippen molar-refractivity contribution in [1.82, 2.24) is 5.23 Å². The van der Waals surface area contributed by atoms with E-state index in [1.807, 2.05) is 0 Å². The molecule has 0 heterocycles. The van der Waals surface area contributed by atoms with Crippen LogP contribution in [0, 0.1) is 5.21 Å². The fourth-order valence-electron chi connectivity index (χ4n) is 0.329. The van der Waals surface area contributed by atoms with E-state index in [1.165, 1.54) is 0 Å². The van der Waals surface area contributed by atoms with Gasteiger partial charge in [-0.2, -0.15) is 0 Å². The van der Waals surface area contributed by atoms with E-state index in [-0.39, 0.29) is 8.97 Å². The number of halogens is 5. The molecule has 1 N–H and O–H groups in total. The molecule has 0 bridgehead atoms. The van der Waals surface area contributed by atoms with Crippen molar-refractivity contribution in [2.75, 3.05) is 0 Å². The van der Waals surface area contributed by atoms with Crippen LogP contribution in [0.1, 0.15) is 0 Å². The molecule has 0 unspecified atom stereocenters. The summed E-state index contributed by atoms with van der Waals surface area (Å²) in [6.45, 7) is 0. The summed E-state index contributed by atoms with van der Waals surface area (Å²) in [6.07, 6.45) is 0. The van der Waals surface area contributed by atoms with Crippen molar-refractivity contribution in [3.05, 3.63) is 24.4 Å². The smallest absolute Gasteiger partial charge is 0.133 e. The molecule has 0 atom stereocenters. The topological polar surface area (TPSA) is 46.5 Å². The van der Waals surface area contributed by atoms with E-state index in [1.54, 1.807) is 0 Å². The highest BCUT2D eigenvalue weighted by Gasteiger charge is 2.11. The molecule has 0 aromatic rings. The third-order valence-corrected chi connectivity index (χ3v) is 2.38. The molecule has 0 aliphatic carbocycles. The monoisotopic (exact) mass is 314 g/mol. The van der Waals surface area contributed by atoms with Crippen molar-refractivity contribution in [3.8, 4) is 0 Å². The van der Waals surface area contributed by atoms with Crippen molar-refractivity contribution >= 4 is 62.3 Å². The zero-order chi connectivity index (χ0) is 9.89. The summed E-state index contributed by atoms with van der Waals surface area (Å²) in [6, 6.07) is 0. The molecule has 0 rings (SSSR count). The number of hydrogen-bond acceptors (Lipinski definition) is 3. The van der Waals surface area contributed by atoms with E-state index in [2.05, 4.69) is 15.9 Å². The maximum atomic E-state index is 10.4. The lowest BCUT2D eigenvalue weighted by Crippen LogP contribution is -2.10. The zero-order valence-corrected chi connectivity index (χ0v) is 9.80. The predicted molar refractivity (Wildman–Crippen MR) is 53.4 cm³/mol. The van der Waals surface area contributed by atoms with Gasteiger partial charge < -0.3 is 10.4 Å². The average molecular weight is 317 g/mol. The van der Waals surface area contributed by atoms with Gasteiger partial charge >= 0.3 is 0 Å². The summed E-state index contributed by atoms with van der Waals surface area (Å²) in [5, 5.41) is 18.0. The number of allylic oxidation sites excluding steroid dienone is 1. The number of nitrogens with zero attached hydrogens (tertiary/aromatic N) is 1. The van der Waals surface area contributed by atoms with Crippen LogP contribution in [-0.4, -0.2) is 10.4 Å². The standard InChI is InChI=1S/C4HBrCl4NO2/c5-3(7)1(6)2(4(8)9)10(11)12/h11H/q-1/b3-1+. The van der Waals surface area contributed by atoms with Gasteiger partial charge in [0.25, 0.3) is 0 Å². The SMILES string of the molecule is [O-]N(O)C(=C(Cl)Cl)/C(Cl)=C(\Cl)Br. The number of hydrogen-bond donors (Lipinski definition) is 1. The summed E-state index contributed by atoms with van der Waals surface area (Å²) in [7, 11) is 0. The fraction of sp³-hybridized carbons (Fsp3) is 0. The van der Waals surface area contributed by atoms with Crippen molar-refractivity contribution in [2.45, 2.75) is 0 Å². The minimum absolute atomic E-state index is 0.0899. The van der Waals surface area contributed by atoms with E-state index in [9.17, 15) is 5.21 Å². The Morgan fingerprint density at radius 3 is 1.75 bits per heavy atom. The highest BCUT2D eigenvalue weighted by Crippen LogP contribution is 2.32. The second-order valence-corrected chi connectivity index (χ2v) is 4.41. The van der Waals surface area contributed by atoms with Crippen molar-refractivity contribution in [2.24, 2.45) is 0 Å². The Labute approximate surface area is 96.8 Å². The number of hydroxylamine groups is 2. The second-order valence-electron chi connectivity index (χ2n) is 1.46.